The van der Waals surface area contributed by atoms with Crippen LogP contribution in [0.25, 0.3) is 0 Å². The zero-order chi connectivity index (χ0) is 10.8. The standard InChI is InChI=1S/C12H14O3/c1-2-10-5-3-8-7-9(12(13)14)4-6-11(8)15-10/h4,6-7,10H,2-3,5H2,1H3,(H,13,14). The molecule has 0 saturated carbocycles. The maximum absolute atomic E-state index is 10.8. The van der Waals surface area contributed by atoms with Crippen molar-refractivity contribution < 1.29 is 14.6 Å². The highest BCUT2D eigenvalue weighted by Gasteiger charge is 2.19. The van der Waals surface area contributed by atoms with Crippen LogP contribution in [-0.4, -0.2) is 17.2 Å². The summed E-state index contributed by atoms with van der Waals surface area (Å²) in [4.78, 5) is 10.8. The van der Waals surface area contributed by atoms with E-state index in [0.717, 1.165) is 30.6 Å². The van der Waals surface area contributed by atoms with Crippen molar-refractivity contribution in [3.8, 4) is 5.75 Å². The van der Waals surface area contributed by atoms with Gasteiger partial charge in [-0.2, -0.15) is 0 Å². The van der Waals surface area contributed by atoms with Crippen LogP contribution in [-0.2, 0) is 6.42 Å². The zero-order valence-electron chi connectivity index (χ0n) is 8.69. The Balaban J connectivity index is 2.28. The van der Waals surface area contributed by atoms with Gasteiger partial charge in [-0.05, 0) is 43.0 Å². The number of rotatable bonds is 2. The minimum atomic E-state index is -0.879. The first-order valence-corrected chi connectivity index (χ1v) is 5.23. The van der Waals surface area contributed by atoms with Gasteiger partial charge in [0.15, 0.2) is 0 Å². The van der Waals surface area contributed by atoms with Gasteiger partial charge in [0.05, 0.1) is 11.7 Å². The molecule has 3 nitrogen and oxygen atoms in total. The Labute approximate surface area is 88.7 Å². The highest BCUT2D eigenvalue weighted by molar-refractivity contribution is 5.88. The van der Waals surface area contributed by atoms with E-state index in [9.17, 15) is 4.79 Å². The highest BCUT2D eigenvalue weighted by atomic mass is 16.5. The van der Waals surface area contributed by atoms with Gasteiger partial charge in [0.1, 0.15) is 5.75 Å². The van der Waals surface area contributed by atoms with E-state index in [2.05, 4.69) is 6.92 Å². The van der Waals surface area contributed by atoms with Crippen molar-refractivity contribution in [1.82, 2.24) is 0 Å². The van der Waals surface area contributed by atoms with Crippen LogP contribution in [0.5, 0.6) is 5.75 Å². The summed E-state index contributed by atoms with van der Waals surface area (Å²) in [6.07, 6.45) is 3.18. The van der Waals surface area contributed by atoms with Gasteiger partial charge in [0.25, 0.3) is 0 Å². The van der Waals surface area contributed by atoms with Crippen LogP contribution < -0.4 is 4.74 Å². The summed E-state index contributed by atoms with van der Waals surface area (Å²) in [5, 5.41) is 8.84. The smallest absolute Gasteiger partial charge is 0.335 e. The van der Waals surface area contributed by atoms with E-state index < -0.39 is 5.97 Å². The van der Waals surface area contributed by atoms with Gasteiger partial charge < -0.3 is 9.84 Å². The lowest BCUT2D eigenvalue weighted by Crippen LogP contribution is -2.21. The molecular weight excluding hydrogens is 192 g/mol. The van der Waals surface area contributed by atoms with Gasteiger partial charge in [-0.15, -0.1) is 0 Å². The molecule has 15 heavy (non-hydrogen) atoms. The van der Waals surface area contributed by atoms with Crippen LogP contribution in [0, 0.1) is 0 Å². The molecule has 3 heteroatoms. The fourth-order valence-electron chi connectivity index (χ4n) is 1.87. The number of carbonyl (C=O) groups is 1. The molecule has 80 valence electrons. The summed E-state index contributed by atoms with van der Waals surface area (Å²) in [6.45, 7) is 2.10. The number of ether oxygens (including phenoxy) is 1. The fraction of sp³-hybridized carbons (Fsp3) is 0.417. The van der Waals surface area contributed by atoms with Gasteiger partial charge >= 0.3 is 5.97 Å². The molecule has 0 amide bonds. The van der Waals surface area contributed by atoms with Crippen molar-refractivity contribution in [2.45, 2.75) is 32.3 Å². The number of carboxylic acids is 1. The summed E-state index contributed by atoms with van der Waals surface area (Å²) in [6, 6.07) is 5.07. The number of aromatic carboxylic acids is 1. The van der Waals surface area contributed by atoms with Crippen molar-refractivity contribution >= 4 is 5.97 Å². The summed E-state index contributed by atoms with van der Waals surface area (Å²) in [5.41, 5.74) is 1.35. The minimum absolute atomic E-state index is 0.285. The highest BCUT2D eigenvalue weighted by Crippen LogP contribution is 2.29. The van der Waals surface area contributed by atoms with Gasteiger partial charge in [-0.1, -0.05) is 6.92 Å². The molecule has 1 aromatic rings. The number of hydrogen-bond donors (Lipinski definition) is 1. The molecule has 1 heterocycles. The van der Waals surface area contributed by atoms with Crippen molar-refractivity contribution in [2.24, 2.45) is 0 Å². The summed E-state index contributed by atoms with van der Waals surface area (Å²) < 4.78 is 5.72. The van der Waals surface area contributed by atoms with Crippen molar-refractivity contribution in [3.63, 3.8) is 0 Å². The summed E-state index contributed by atoms with van der Waals surface area (Å²) >= 11 is 0. The molecule has 0 bridgehead atoms. The van der Waals surface area contributed by atoms with Crippen molar-refractivity contribution in [3.05, 3.63) is 29.3 Å². The predicted octanol–water partition coefficient (Wildman–Crippen LogP) is 2.49. The van der Waals surface area contributed by atoms with Gasteiger partial charge in [-0.3, -0.25) is 0 Å². The van der Waals surface area contributed by atoms with Crippen LogP contribution >= 0.6 is 0 Å². The normalized spacial score (nSPS) is 19.1. The van der Waals surface area contributed by atoms with Crippen molar-refractivity contribution in [1.29, 1.82) is 0 Å². The molecule has 1 unspecified atom stereocenters. The Morgan fingerprint density at radius 2 is 2.40 bits per heavy atom. The van der Waals surface area contributed by atoms with E-state index >= 15 is 0 Å². The number of aryl methyl sites for hydroxylation is 1. The third-order valence-corrected chi connectivity index (χ3v) is 2.79. The second kappa shape index (κ2) is 3.93. The van der Waals surface area contributed by atoms with Crippen LogP contribution in [0.15, 0.2) is 18.2 Å². The lowest BCUT2D eigenvalue weighted by Gasteiger charge is -2.25. The Morgan fingerprint density at radius 1 is 1.60 bits per heavy atom. The van der Waals surface area contributed by atoms with E-state index in [0.29, 0.717) is 5.56 Å². The maximum atomic E-state index is 10.8. The summed E-state index contributed by atoms with van der Waals surface area (Å²) in [5.74, 6) is -0.0338. The van der Waals surface area contributed by atoms with E-state index in [1.165, 1.54) is 0 Å². The second-order valence-electron chi connectivity index (χ2n) is 3.81. The molecule has 1 aliphatic rings. The number of carboxylic acid groups (broad SMARTS) is 1. The first-order chi connectivity index (χ1) is 7.20. The first kappa shape index (κ1) is 10.0. The third-order valence-electron chi connectivity index (χ3n) is 2.79. The topological polar surface area (TPSA) is 46.5 Å². The first-order valence-electron chi connectivity index (χ1n) is 5.23. The molecule has 0 aliphatic carbocycles. The Hall–Kier alpha value is -1.51. The van der Waals surface area contributed by atoms with Gasteiger partial charge in [0.2, 0.25) is 0 Å². The minimum Gasteiger partial charge on any atom is -0.490 e. The maximum Gasteiger partial charge on any atom is 0.335 e. The summed E-state index contributed by atoms with van der Waals surface area (Å²) in [7, 11) is 0. The van der Waals surface area contributed by atoms with Gasteiger partial charge in [-0.25, -0.2) is 4.79 Å². The van der Waals surface area contributed by atoms with Crippen molar-refractivity contribution in [2.75, 3.05) is 0 Å². The largest absolute Gasteiger partial charge is 0.490 e. The quantitative estimate of drug-likeness (QED) is 0.808. The molecule has 0 radical (unpaired) electrons. The lowest BCUT2D eigenvalue weighted by molar-refractivity contribution is 0.0696. The van der Waals surface area contributed by atoms with Crippen LogP contribution in [0.1, 0.15) is 35.7 Å². The Bertz CT molecular complexity index is 384. The zero-order valence-corrected chi connectivity index (χ0v) is 8.69. The van der Waals surface area contributed by atoms with E-state index in [1.807, 2.05) is 0 Å². The van der Waals surface area contributed by atoms with Gasteiger partial charge in [0, 0.05) is 0 Å². The molecule has 1 aliphatic heterocycles. The molecule has 1 atom stereocenters. The number of hydrogen-bond acceptors (Lipinski definition) is 2. The molecule has 0 spiro atoms. The van der Waals surface area contributed by atoms with E-state index in [-0.39, 0.29) is 6.10 Å². The number of fused-ring (bicyclic) bond motifs is 1. The average molecular weight is 206 g/mol. The SMILES string of the molecule is CCC1CCc2cc(C(=O)O)ccc2O1. The molecule has 2 rings (SSSR count). The molecule has 0 fully saturated rings. The average Bonchev–Trinajstić information content (AvgIpc) is 2.27. The molecular formula is C12H14O3. The van der Waals surface area contributed by atoms with Crippen LogP contribution in [0.2, 0.25) is 0 Å². The molecule has 1 aromatic carbocycles. The number of benzene rings is 1. The Morgan fingerprint density at radius 3 is 3.07 bits per heavy atom. The Kier molecular flexibility index (Phi) is 2.62. The predicted molar refractivity (Wildman–Crippen MR) is 56.4 cm³/mol. The molecule has 1 N–H and O–H groups in total. The second-order valence-corrected chi connectivity index (χ2v) is 3.81. The molecule has 0 aromatic heterocycles. The van der Waals surface area contributed by atoms with Crippen LogP contribution in [0.4, 0.5) is 0 Å². The fourth-order valence-corrected chi connectivity index (χ4v) is 1.87. The third kappa shape index (κ3) is 1.96. The van der Waals surface area contributed by atoms with E-state index in [1.54, 1.807) is 18.2 Å². The van der Waals surface area contributed by atoms with E-state index in [4.69, 9.17) is 9.84 Å². The van der Waals surface area contributed by atoms with Crippen LogP contribution in [0.3, 0.4) is 0 Å². The lowest BCUT2D eigenvalue weighted by atomic mass is 9.99. The molecule has 0 saturated heterocycles. The monoisotopic (exact) mass is 206 g/mol.